The first kappa shape index (κ1) is 10.7. The molecule has 0 spiro atoms. The molecular weight excluding hydrogens is 160 g/mol. The van der Waals surface area contributed by atoms with E-state index in [1.54, 1.807) is 0 Å². The quantitative estimate of drug-likeness (QED) is 0.669. The molecule has 76 valence electrons. The van der Waals surface area contributed by atoms with Crippen molar-refractivity contribution < 1.29 is 0 Å². The van der Waals surface area contributed by atoms with Gasteiger partial charge in [-0.25, -0.2) is 0 Å². The van der Waals surface area contributed by atoms with Gasteiger partial charge in [-0.05, 0) is 32.4 Å². The van der Waals surface area contributed by atoms with Crippen LogP contribution in [0.15, 0.2) is 12.7 Å². The van der Waals surface area contributed by atoms with Crippen LogP contribution in [-0.2, 0) is 0 Å². The highest BCUT2D eigenvalue weighted by Crippen LogP contribution is 2.26. The molecule has 2 heteroatoms. The van der Waals surface area contributed by atoms with Crippen molar-refractivity contribution in [2.45, 2.75) is 31.7 Å². The molecule has 0 bridgehead atoms. The summed E-state index contributed by atoms with van der Waals surface area (Å²) in [5, 5.41) is 0. The molecule has 1 aliphatic carbocycles. The second-order valence-corrected chi connectivity index (χ2v) is 4.08. The van der Waals surface area contributed by atoms with Crippen LogP contribution in [-0.4, -0.2) is 31.1 Å². The lowest BCUT2D eigenvalue weighted by Gasteiger charge is -2.37. The summed E-state index contributed by atoms with van der Waals surface area (Å²) in [6.07, 6.45) is 7.32. The van der Waals surface area contributed by atoms with Gasteiger partial charge in [-0.2, -0.15) is 0 Å². The first-order chi connectivity index (χ1) is 6.29. The Morgan fingerprint density at radius 1 is 1.46 bits per heavy atom. The summed E-state index contributed by atoms with van der Waals surface area (Å²) in [5.74, 6) is 0.707. The molecule has 1 fully saturated rings. The highest BCUT2D eigenvalue weighted by Gasteiger charge is 2.26. The zero-order valence-electron chi connectivity index (χ0n) is 8.71. The average Bonchev–Trinajstić information content (AvgIpc) is 2.18. The zero-order chi connectivity index (χ0) is 9.68. The first-order valence-electron chi connectivity index (χ1n) is 5.30. The average molecular weight is 182 g/mol. The SMILES string of the molecule is C=CCN(C)C1CCCCC1CN. The van der Waals surface area contributed by atoms with E-state index in [2.05, 4.69) is 18.5 Å². The fraction of sp³-hybridized carbons (Fsp3) is 0.818. The molecule has 1 saturated carbocycles. The Kier molecular flexibility index (Phi) is 4.46. The Labute approximate surface area is 81.8 Å². The number of hydrogen-bond donors (Lipinski definition) is 1. The van der Waals surface area contributed by atoms with Crippen molar-refractivity contribution in [2.75, 3.05) is 20.1 Å². The Morgan fingerprint density at radius 2 is 2.15 bits per heavy atom. The van der Waals surface area contributed by atoms with Crippen LogP contribution in [0.25, 0.3) is 0 Å². The van der Waals surface area contributed by atoms with Crippen molar-refractivity contribution >= 4 is 0 Å². The van der Waals surface area contributed by atoms with E-state index in [0.717, 1.165) is 13.1 Å². The summed E-state index contributed by atoms with van der Waals surface area (Å²) in [6.45, 7) is 5.60. The molecule has 0 radical (unpaired) electrons. The molecule has 0 aromatic heterocycles. The van der Waals surface area contributed by atoms with Gasteiger partial charge in [-0.1, -0.05) is 18.9 Å². The van der Waals surface area contributed by atoms with Crippen molar-refractivity contribution in [1.29, 1.82) is 0 Å². The van der Waals surface area contributed by atoms with Crippen molar-refractivity contribution in [3.63, 3.8) is 0 Å². The van der Waals surface area contributed by atoms with Crippen molar-refractivity contribution in [3.8, 4) is 0 Å². The van der Waals surface area contributed by atoms with Gasteiger partial charge in [-0.3, -0.25) is 4.90 Å². The third kappa shape index (κ3) is 2.82. The summed E-state index contributed by atoms with van der Waals surface area (Å²) < 4.78 is 0. The minimum atomic E-state index is 0.691. The lowest BCUT2D eigenvalue weighted by atomic mass is 9.84. The molecule has 2 unspecified atom stereocenters. The van der Waals surface area contributed by atoms with Gasteiger partial charge in [-0.15, -0.1) is 6.58 Å². The van der Waals surface area contributed by atoms with Crippen LogP contribution < -0.4 is 5.73 Å². The van der Waals surface area contributed by atoms with E-state index in [1.165, 1.54) is 25.7 Å². The Bertz CT molecular complexity index is 156. The normalized spacial score (nSPS) is 29.2. The van der Waals surface area contributed by atoms with Gasteiger partial charge in [0.2, 0.25) is 0 Å². The van der Waals surface area contributed by atoms with Gasteiger partial charge >= 0.3 is 0 Å². The third-order valence-corrected chi connectivity index (χ3v) is 3.15. The zero-order valence-corrected chi connectivity index (χ0v) is 8.71. The predicted octanol–water partition coefficient (Wildman–Crippen LogP) is 1.62. The minimum absolute atomic E-state index is 0.691. The monoisotopic (exact) mass is 182 g/mol. The van der Waals surface area contributed by atoms with Crippen molar-refractivity contribution in [3.05, 3.63) is 12.7 Å². The fourth-order valence-corrected chi connectivity index (χ4v) is 2.38. The number of rotatable bonds is 4. The molecule has 1 rings (SSSR count). The van der Waals surface area contributed by atoms with E-state index in [1.807, 2.05) is 6.08 Å². The summed E-state index contributed by atoms with van der Waals surface area (Å²) in [6, 6.07) is 0.691. The van der Waals surface area contributed by atoms with Gasteiger partial charge in [0.15, 0.2) is 0 Å². The number of nitrogens with zero attached hydrogens (tertiary/aromatic N) is 1. The van der Waals surface area contributed by atoms with Crippen LogP contribution in [0.3, 0.4) is 0 Å². The van der Waals surface area contributed by atoms with Gasteiger partial charge in [0.1, 0.15) is 0 Å². The summed E-state index contributed by atoms with van der Waals surface area (Å²) in [7, 11) is 2.18. The Hall–Kier alpha value is -0.340. The van der Waals surface area contributed by atoms with E-state index in [0.29, 0.717) is 12.0 Å². The maximum atomic E-state index is 5.78. The summed E-state index contributed by atoms with van der Waals surface area (Å²) in [5.41, 5.74) is 5.78. The van der Waals surface area contributed by atoms with Crippen LogP contribution in [0.4, 0.5) is 0 Å². The van der Waals surface area contributed by atoms with Gasteiger partial charge < -0.3 is 5.73 Å². The second kappa shape index (κ2) is 5.40. The lowest BCUT2D eigenvalue weighted by Crippen LogP contribution is -2.43. The largest absolute Gasteiger partial charge is 0.330 e. The van der Waals surface area contributed by atoms with Crippen LogP contribution in [0.2, 0.25) is 0 Å². The Balaban J connectivity index is 2.47. The van der Waals surface area contributed by atoms with E-state index >= 15 is 0 Å². The maximum absolute atomic E-state index is 5.78. The third-order valence-electron chi connectivity index (χ3n) is 3.15. The van der Waals surface area contributed by atoms with Crippen molar-refractivity contribution in [2.24, 2.45) is 11.7 Å². The van der Waals surface area contributed by atoms with Crippen LogP contribution >= 0.6 is 0 Å². The molecule has 0 amide bonds. The van der Waals surface area contributed by atoms with E-state index in [9.17, 15) is 0 Å². The standard InChI is InChI=1S/C11H22N2/c1-3-8-13(2)11-7-5-4-6-10(11)9-12/h3,10-11H,1,4-9,12H2,2H3. The van der Waals surface area contributed by atoms with Crippen LogP contribution in [0, 0.1) is 5.92 Å². The van der Waals surface area contributed by atoms with Gasteiger partial charge in [0.05, 0.1) is 0 Å². The van der Waals surface area contributed by atoms with Crippen LogP contribution in [0.5, 0.6) is 0 Å². The lowest BCUT2D eigenvalue weighted by molar-refractivity contribution is 0.146. The van der Waals surface area contributed by atoms with E-state index < -0.39 is 0 Å². The smallest absolute Gasteiger partial charge is 0.0160 e. The molecule has 0 saturated heterocycles. The molecule has 0 heterocycles. The topological polar surface area (TPSA) is 29.3 Å². The molecular formula is C11H22N2. The molecule has 1 aliphatic rings. The molecule has 2 N–H and O–H groups in total. The molecule has 2 atom stereocenters. The van der Waals surface area contributed by atoms with Crippen LogP contribution in [0.1, 0.15) is 25.7 Å². The Morgan fingerprint density at radius 3 is 2.77 bits per heavy atom. The number of nitrogens with two attached hydrogens (primary N) is 1. The molecule has 0 aromatic carbocycles. The number of hydrogen-bond acceptors (Lipinski definition) is 2. The first-order valence-corrected chi connectivity index (χ1v) is 5.30. The highest BCUT2D eigenvalue weighted by molar-refractivity contribution is 4.85. The maximum Gasteiger partial charge on any atom is 0.0160 e. The highest BCUT2D eigenvalue weighted by atomic mass is 15.1. The summed E-state index contributed by atoms with van der Waals surface area (Å²) in [4.78, 5) is 2.39. The molecule has 2 nitrogen and oxygen atoms in total. The summed E-state index contributed by atoms with van der Waals surface area (Å²) >= 11 is 0. The molecule has 0 aromatic rings. The van der Waals surface area contributed by atoms with Gasteiger partial charge in [0, 0.05) is 12.6 Å². The molecule has 13 heavy (non-hydrogen) atoms. The fourth-order valence-electron chi connectivity index (χ4n) is 2.38. The number of likely N-dealkylation sites (N-methyl/N-ethyl adjacent to an activating group) is 1. The van der Waals surface area contributed by atoms with Crippen molar-refractivity contribution in [1.82, 2.24) is 4.90 Å². The van der Waals surface area contributed by atoms with Gasteiger partial charge in [0.25, 0.3) is 0 Å². The second-order valence-electron chi connectivity index (χ2n) is 4.08. The van der Waals surface area contributed by atoms with E-state index in [-0.39, 0.29) is 0 Å². The minimum Gasteiger partial charge on any atom is -0.330 e. The van der Waals surface area contributed by atoms with E-state index in [4.69, 9.17) is 5.73 Å². The predicted molar refractivity (Wildman–Crippen MR) is 57.6 cm³/mol. The molecule has 0 aliphatic heterocycles.